The molecule has 0 saturated heterocycles. The molecule has 16 heavy (non-hydrogen) atoms. The minimum absolute atomic E-state index is 0.183. The molecule has 0 heterocycles. The van der Waals surface area contributed by atoms with Crippen LogP contribution in [0.3, 0.4) is 0 Å². The number of rotatable bonds is 6. The van der Waals surface area contributed by atoms with Crippen molar-refractivity contribution in [2.45, 2.75) is 43.7 Å². The van der Waals surface area contributed by atoms with Gasteiger partial charge < -0.3 is 14.8 Å². The average molecular weight is 227 g/mol. The molecule has 0 aromatic heterocycles. The van der Waals surface area contributed by atoms with E-state index in [1.54, 1.807) is 0 Å². The van der Waals surface area contributed by atoms with Gasteiger partial charge in [0.2, 0.25) is 0 Å². The van der Waals surface area contributed by atoms with Crippen molar-refractivity contribution in [1.82, 2.24) is 5.32 Å². The van der Waals surface area contributed by atoms with Crippen molar-refractivity contribution in [1.29, 1.82) is 0 Å². The Bertz CT molecular complexity index is 261. The molecule has 2 rings (SSSR count). The molecule has 2 fully saturated rings. The van der Waals surface area contributed by atoms with Gasteiger partial charge in [0.1, 0.15) is 5.54 Å². The third-order valence-electron chi connectivity index (χ3n) is 3.87. The van der Waals surface area contributed by atoms with Crippen molar-refractivity contribution in [2.24, 2.45) is 5.92 Å². The van der Waals surface area contributed by atoms with Crippen molar-refractivity contribution >= 4 is 5.97 Å². The summed E-state index contributed by atoms with van der Waals surface area (Å²) in [7, 11) is 3.26. The summed E-state index contributed by atoms with van der Waals surface area (Å²) in [6.07, 6.45) is 6.04. The fourth-order valence-electron chi connectivity index (χ4n) is 2.27. The van der Waals surface area contributed by atoms with E-state index >= 15 is 0 Å². The van der Waals surface area contributed by atoms with Gasteiger partial charge in [-0.15, -0.1) is 0 Å². The summed E-state index contributed by atoms with van der Waals surface area (Å²) in [6.45, 7) is 0.450. The average Bonchev–Trinajstić information content (AvgIpc) is 3.05. The molecule has 0 bridgehead atoms. The van der Waals surface area contributed by atoms with E-state index in [4.69, 9.17) is 9.47 Å². The van der Waals surface area contributed by atoms with Crippen LogP contribution >= 0.6 is 0 Å². The lowest BCUT2D eigenvalue weighted by molar-refractivity contribution is -0.155. The van der Waals surface area contributed by atoms with E-state index in [9.17, 15) is 4.79 Å². The fourth-order valence-corrected chi connectivity index (χ4v) is 2.27. The maximum atomic E-state index is 11.9. The number of carbonyl (C=O) groups excluding carboxylic acids is 1. The maximum absolute atomic E-state index is 11.9. The van der Waals surface area contributed by atoms with E-state index in [-0.39, 0.29) is 5.97 Å². The summed E-state index contributed by atoms with van der Waals surface area (Å²) in [5.74, 6) is 0.196. The Labute approximate surface area is 96.7 Å². The largest absolute Gasteiger partial charge is 0.468 e. The maximum Gasteiger partial charge on any atom is 0.328 e. The summed E-state index contributed by atoms with van der Waals surface area (Å²) >= 11 is 0. The lowest BCUT2D eigenvalue weighted by Crippen LogP contribution is -2.57. The van der Waals surface area contributed by atoms with E-state index in [2.05, 4.69) is 5.32 Å². The minimum Gasteiger partial charge on any atom is -0.468 e. The van der Waals surface area contributed by atoms with Crippen LogP contribution in [0.4, 0.5) is 0 Å². The SMILES string of the molecule is CNC(COC1CCC1)(C(=O)OC)C1CC1. The number of hydrogen-bond donors (Lipinski definition) is 1. The third-order valence-corrected chi connectivity index (χ3v) is 3.87. The minimum atomic E-state index is -0.607. The van der Waals surface area contributed by atoms with E-state index < -0.39 is 5.54 Å². The Balaban J connectivity index is 1.96. The van der Waals surface area contributed by atoms with Gasteiger partial charge in [0, 0.05) is 0 Å². The molecule has 2 aliphatic carbocycles. The number of ether oxygens (including phenoxy) is 2. The summed E-state index contributed by atoms with van der Waals surface area (Å²) in [4.78, 5) is 11.9. The molecular weight excluding hydrogens is 206 g/mol. The molecule has 2 saturated carbocycles. The van der Waals surface area contributed by atoms with Crippen LogP contribution in [0.25, 0.3) is 0 Å². The van der Waals surface area contributed by atoms with Crippen LogP contribution in [0.1, 0.15) is 32.1 Å². The quantitative estimate of drug-likeness (QED) is 0.690. The lowest BCUT2D eigenvalue weighted by atomic mass is 9.92. The zero-order valence-corrected chi connectivity index (χ0v) is 10.1. The summed E-state index contributed by atoms with van der Waals surface area (Å²) < 4.78 is 10.7. The van der Waals surface area contributed by atoms with Crippen molar-refractivity contribution in [3.05, 3.63) is 0 Å². The smallest absolute Gasteiger partial charge is 0.328 e. The number of methoxy groups -OCH3 is 1. The number of carbonyl (C=O) groups is 1. The Morgan fingerprint density at radius 1 is 1.38 bits per heavy atom. The first-order valence-corrected chi connectivity index (χ1v) is 6.12. The lowest BCUT2D eigenvalue weighted by Gasteiger charge is -2.34. The van der Waals surface area contributed by atoms with Crippen LogP contribution < -0.4 is 5.32 Å². The van der Waals surface area contributed by atoms with Crippen molar-refractivity contribution < 1.29 is 14.3 Å². The van der Waals surface area contributed by atoms with Gasteiger partial charge in [-0.05, 0) is 45.1 Å². The standard InChI is InChI=1S/C12H21NO3/c1-13-12(9-6-7-9,11(14)15-2)8-16-10-4-3-5-10/h9-10,13H,3-8H2,1-2H3. The molecule has 4 heteroatoms. The highest BCUT2D eigenvalue weighted by molar-refractivity contribution is 5.82. The van der Waals surface area contributed by atoms with Crippen LogP contribution in [0.2, 0.25) is 0 Å². The van der Waals surface area contributed by atoms with Crippen LogP contribution in [0, 0.1) is 5.92 Å². The molecule has 0 radical (unpaired) electrons. The first-order chi connectivity index (χ1) is 7.73. The Morgan fingerprint density at radius 2 is 2.06 bits per heavy atom. The highest BCUT2D eigenvalue weighted by Crippen LogP contribution is 2.41. The van der Waals surface area contributed by atoms with Gasteiger partial charge in [0.05, 0.1) is 19.8 Å². The molecule has 0 spiro atoms. The Kier molecular flexibility index (Phi) is 3.50. The third kappa shape index (κ3) is 2.09. The number of esters is 1. The van der Waals surface area contributed by atoms with Crippen LogP contribution in [0.5, 0.6) is 0 Å². The predicted molar refractivity (Wildman–Crippen MR) is 60.1 cm³/mol. The molecule has 0 aliphatic heterocycles. The zero-order valence-electron chi connectivity index (χ0n) is 10.1. The molecule has 2 aliphatic rings. The molecular formula is C12H21NO3. The van der Waals surface area contributed by atoms with Gasteiger partial charge >= 0.3 is 5.97 Å². The van der Waals surface area contributed by atoms with E-state index in [1.165, 1.54) is 13.5 Å². The van der Waals surface area contributed by atoms with Crippen molar-refractivity contribution in [3.8, 4) is 0 Å². The molecule has 1 N–H and O–H groups in total. The Morgan fingerprint density at radius 3 is 2.44 bits per heavy atom. The first kappa shape index (κ1) is 11.9. The number of likely N-dealkylation sites (N-methyl/N-ethyl adjacent to an activating group) is 1. The van der Waals surface area contributed by atoms with Gasteiger partial charge in [0.15, 0.2) is 0 Å². The predicted octanol–water partition coefficient (Wildman–Crippen LogP) is 1.10. The molecule has 0 aromatic rings. The number of nitrogens with one attached hydrogen (secondary N) is 1. The van der Waals surface area contributed by atoms with Crippen LogP contribution in [-0.2, 0) is 14.3 Å². The molecule has 1 unspecified atom stereocenters. The summed E-state index contributed by atoms with van der Waals surface area (Å²) in [5, 5.41) is 3.13. The van der Waals surface area contributed by atoms with Gasteiger partial charge in [-0.2, -0.15) is 0 Å². The molecule has 92 valence electrons. The molecule has 4 nitrogen and oxygen atoms in total. The van der Waals surface area contributed by atoms with Crippen LogP contribution in [-0.4, -0.2) is 38.4 Å². The molecule has 0 amide bonds. The van der Waals surface area contributed by atoms with Gasteiger partial charge in [0.25, 0.3) is 0 Å². The zero-order chi connectivity index (χ0) is 11.6. The fraction of sp³-hybridized carbons (Fsp3) is 0.917. The summed E-state index contributed by atoms with van der Waals surface area (Å²) in [6, 6.07) is 0. The van der Waals surface area contributed by atoms with Crippen molar-refractivity contribution in [3.63, 3.8) is 0 Å². The number of hydrogen-bond acceptors (Lipinski definition) is 4. The first-order valence-electron chi connectivity index (χ1n) is 6.12. The second-order valence-corrected chi connectivity index (χ2v) is 4.85. The highest BCUT2D eigenvalue weighted by atomic mass is 16.5. The van der Waals surface area contributed by atoms with Gasteiger partial charge in [-0.3, -0.25) is 0 Å². The normalized spacial score (nSPS) is 24.6. The highest BCUT2D eigenvalue weighted by Gasteiger charge is 2.51. The van der Waals surface area contributed by atoms with Gasteiger partial charge in [-0.1, -0.05) is 0 Å². The van der Waals surface area contributed by atoms with E-state index in [0.29, 0.717) is 18.6 Å². The Hall–Kier alpha value is -0.610. The van der Waals surface area contributed by atoms with Crippen molar-refractivity contribution in [2.75, 3.05) is 20.8 Å². The van der Waals surface area contributed by atoms with E-state index in [0.717, 1.165) is 25.7 Å². The topological polar surface area (TPSA) is 47.6 Å². The molecule has 1 atom stereocenters. The summed E-state index contributed by atoms with van der Waals surface area (Å²) in [5.41, 5.74) is -0.607. The second kappa shape index (κ2) is 4.72. The van der Waals surface area contributed by atoms with Crippen LogP contribution in [0.15, 0.2) is 0 Å². The van der Waals surface area contributed by atoms with Gasteiger partial charge in [-0.25, -0.2) is 4.79 Å². The molecule has 0 aromatic carbocycles. The van der Waals surface area contributed by atoms with E-state index in [1.807, 2.05) is 7.05 Å². The monoisotopic (exact) mass is 227 g/mol. The second-order valence-electron chi connectivity index (χ2n) is 4.85.